The third kappa shape index (κ3) is 5.32. The Kier molecular flexibility index (Phi) is 6.80. The summed E-state index contributed by atoms with van der Waals surface area (Å²) < 4.78 is 23.7. The number of H-pyrrole nitrogens is 1. The lowest BCUT2D eigenvalue weighted by molar-refractivity contribution is -0.126. The van der Waals surface area contributed by atoms with E-state index in [2.05, 4.69) is 41.7 Å². The molecule has 2 aliphatic rings. The molecule has 0 unspecified atom stereocenters. The molecule has 0 saturated carbocycles. The Labute approximate surface area is 231 Å². The molecule has 0 bridgehead atoms. The lowest BCUT2D eigenvalue weighted by Gasteiger charge is -2.34. The molecule has 1 aromatic carbocycles. The number of amides is 1. The van der Waals surface area contributed by atoms with Gasteiger partial charge in [0.05, 0.1) is 35.0 Å². The molecule has 0 radical (unpaired) electrons. The van der Waals surface area contributed by atoms with Gasteiger partial charge in [-0.25, -0.2) is 28.4 Å². The first-order valence-electron chi connectivity index (χ1n) is 13.0. The molecule has 2 N–H and O–H groups in total. The zero-order valence-corrected chi connectivity index (χ0v) is 22.6. The first-order chi connectivity index (χ1) is 19.4. The fourth-order valence-electron chi connectivity index (χ4n) is 4.96. The number of aromatic nitrogens is 5. The van der Waals surface area contributed by atoms with Crippen molar-refractivity contribution in [2.45, 2.75) is 0 Å². The van der Waals surface area contributed by atoms with Crippen LogP contribution in [0.2, 0.25) is 0 Å². The summed E-state index contributed by atoms with van der Waals surface area (Å²) in [4.78, 5) is 38.8. The molecule has 1 amide bonds. The molecule has 2 saturated heterocycles. The fourth-order valence-corrected chi connectivity index (χ4v) is 6.16. The van der Waals surface area contributed by atoms with Crippen LogP contribution in [0.5, 0.6) is 0 Å². The molecular weight excluding hydrogens is 530 g/mol. The first-order valence-corrected chi connectivity index (χ1v) is 14.9. The van der Waals surface area contributed by atoms with Crippen LogP contribution in [0.15, 0.2) is 61.7 Å². The van der Waals surface area contributed by atoms with Gasteiger partial charge < -0.3 is 25.0 Å². The number of carbonyl (C=O) groups excluding carboxylic acids is 1. The molecule has 0 spiro atoms. The second-order valence-corrected chi connectivity index (χ2v) is 12.1. The maximum Gasteiger partial charge on any atom is 0.246 e. The summed E-state index contributed by atoms with van der Waals surface area (Å²) >= 11 is 0. The highest BCUT2D eigenvalue weighted by Crippen LogP contribution is 2.30. The Hall–Kier alpha value is -4.52. The lowest BCUT2D eigenvalue weighted by atomic mass is 10.1. The maximum atomic E-state index is 11.8. The number of fused-ring (bicyclic) bond motifs is 1. The zero-order valence-electron chi connectivity index (χ0n) is 21.8. The average molecular weight is 560 g/mol. The van der Waals surface area contributed by atoms with E-state index < -0.39 is 9.84 Å². The molecule has 5 heterocycles. The molecule has 13 heteroatoms. The van der Waals surface area contributed by atoms with E-state index in [4.69, 9.17) is 0 Å². The van der Waals surface area contributed by atoms with Gasteiger partial charge in [-0.15, -0.1) is 0 Å². The molecule has 3 aromatic heterocycles. The molecule has 6 rings (SSSR count). The van der Waals surface area contributed by atoms with Crippen molar-refractivity contribution >= 4 is 49.9 Å². The highest BCUT2D eigenvalue weighted by atomic mass is 32.2. The van der Waals surface area contributed by atoms with Gasteiger partial charge in [0.25, 0.3) is 0 Å². The van der Waals surface area contributed by atoms with E-state index in [0.29, 0.717) is 50.9 Å². The quantitative estimate of drug-likeness (QED) is 0.338. The molecule has 40 heavy (non-hydrogen) atoms. The Bertz CT molecular complexity index is 1630. The summed E-state index contributed by atoms with van der Waals surface area (Å²) in [5.74, 6) is 1.60. The molecule has 12 nitrogen and oxygen atoms in total. The number of nitrogens with zero attached hydrogens (tertiary/aromatic N) is 7. The van der Waals surface area contributed by atoms with Crippen LogP contribution in [0.4, 0.5) is 23.1 Å². The number of benzene rings is 1. The van der Waals surface area contributed by atoms with E-state index >= 15 is 0 Å². The summed E-state index contributed by atoms with van der Waals surface area (Å²) in [6.07, 6.45) is 6.35. The summed E-state index contributed by atoms with van der Waals surface area (Å²) in [5.41, 5.74) is 4.25. The molecule has 206 valence electrons. The van der Waals surface area contributed by atoms with Gasteiger partial charge in [0, 0.05) is 50.6 Å². The lowest BCUT2D eigenvalue weighted by Crippen LogP contribution is -2.48. The van der Waals surface area contributed by atoms with Gasteiger partial charge in [0.15, 0.2) is 9.84 Å². The van der Waals surface area contributed by atoms with Gasteiger partial charge in [-0.3, -0.25) is 4.79 Å². The number of sulfone groups is 1. The smallest absolute Gasteiger partial charge is 0.246 e. The first kappa shape index (κ1) is 25.7. The van der Waals surface area contributed by atoms with Gasteiger partial charge in [-0.1, -0.05) is 18.7 Å². The minimum atomic E-state index is -2.98. The Balaban J connectivity index is 1.11. The predicted molar refractivity (Wildman–Crippen MR) is 154 cm³/mol. The molecule has 4 aromatic rings. The van der Waals surface area contributed by atoms with Crippen molar-refractivity contribution in [1.82, 2.24) is 29.8 Å². The van der Waals surface area contributed by atoms with Gasteiger partial charge in [0.1, 0.15) is 17.8 Å². The third-order valence-corrected chi connectivity index (χ3v) is 8.83. The second-order valence-electron chi connectivity index (χ2n) is 9.77. The van der Waals surface area contributed by atoms with Crippen LogP contribution in [0, 0.1) is 0 Å². The van der Waals surface area contributed by atoms with Crippen LogP contribution in [0.25, 0.3) is 22.3 Å². The third-order valence-electron chi connectivity index (χ3n) is 7.22. The van der Waals surface area contributed by atoms with E-state index in [1.165, 1.54) is 12.4 Å². The number of carbonyl (C=O) groups is 1. The topological polar surface area (TPSA) is 140 Å². The van der Waals surface area contributed by atoms with Crippen molar-refractivity contribution in [1.29, 1.82) is 0 Å². The van der Waals surface area contributed by atoms with E-state index in [9.17, 15) is 13.2 Å². The van der Waals surface area contributed by atoms with Crippen molar-refractivity contribution < 1.29 is 13.2 Å². The number of rotatable bonds is 6. The average Bonchev–Trinajstić information content (AvgIpc) is 3.43. The van der Waals surface area contributed by atoms with Gasteiger partial charge >= 0.3 is 0 Å². The molecular formula is C27H29N9O3S. The minimum absolute atomic E-state index is 0.0499. The van der Waals surface area contributed by atoms with Crippen LogP contribution in [-0.2, 0) is 14.6 Å². The van der Waals surface area contributed by atoms with Crippen LogP contribution < -0.4 is 15.1 Å². The number of hydrogen-bond acceptors (Lipinski definition) is 10. The monoisotopic (exact) mass is 559 g/mol. The zero-order chi connectivity index (χ0) is 27.7. The number of hydrogen-bond donors (Lipinski definition) is 2. The van der Waals surface area contributed by atoms with E-state index in [1.807, 2.05) is 35.2 Å². The van der Waals surface area contributed by atoms with Crippen LogP contribution >= 0.6 is 0 Å². The van der Waals surface area contributed by atoms with E-state index in [1.54, 1.807) is 17.3 Å². The van der Waals surface area contributed by atoms with Crippen LogP contribution in [0.1, 0.15) is 0 Å². The Morgan fingerprint density at radius 3 is 2.27 bits per heavy atom. The van der Waals surface area contributed by atoms with Crippen LogP contribution in [-0.4, -0.2) is 94.9 Å². The van der Waals surface area contributed by atoms with Crippen molar-refractivity contribution in [2.24, 2.45) is 0 Å². The predicted octanol–water partition coefficient (Wildman–Crippen LogP) is 2.23. The number of piperazine rings is 1. The molecule has 2 fully saturated rings. The van der Waals surface area contributed by atoms with Crippen LogP contribution in [0.3, 0.4) is 0 Å². The standard InChI is InChI=1S/C27H29N9O3S/c1-2-24(37)34-7-9-36(10-8-34)27-28-16-21(17-29-27)32-20-5-3-19(4-6-20)23-15-22-25(33-23)30-18-31-26(22)35-11-13-40(38,39)14-12-35/h2-6,15-18,32H,1,7-14H2,(H,30,31,33). The van der Waals surface area contributed by atoms with Gasteiger partial charge in [-0.05, 0) is 29.8 Å². The molecule has 0 atom stereocenters. The van der Waals surface area contributed by atoms with Crippen molar-refractivity contribution in [3.63, 3.8) is 0 Å². The highest BCUT2D eigenvalue weighted by Gasteiger charge is 2.25. The summed E-state index contributed by atoms with van der Waals surface area (Å²) in [5, 5.41) is 4.20. The van der Waals surface area contributed by atoms with E-state index in [0.717, 1.165) is 33.8 Å². The minimum Gasteiger partial charge on any atom is -0.354 e. The number of aromatic amines is 1. The number of nitrogens with one attached hydrogen (secondary N) is 2. The molecule has 0 aliphatic carbocycles. The number of anilines is 4. The van der Waals surface area contributed by atoms with Gasteiger partial charge in [0.2, 0.25) is 11.9 Å². The Morgan fingerprint density at radius 1 is 0.900 bits per heavy atom. The second kappa shape index (κ2) is 10.6. The summed E-state index contributed by atoms with van der Waals surface area (Å²) in [6.45, 7) is 6.98. The van der Waals surface area contributed by atoms with Gasteiger partial charge in [-0.2, -0.15) is 0 Å². The van der Waals surface area contributed by atoms with Crippen molar-refractivity contribution in [3.8, 4) is 11.3 Å². The highest BCUT2D eigenvalue weighted by molar-refractivity contribution is 7.91. The van der Waals surface area contributed by atoms with E-state index in [-0.39, 0.29) is 17.4 Å². The van der Waals surface area contributed by atoms with Crippen molar-refractivity contribution in [2.75, 3.05) is 65.9 Å². The summed E-state index contributed by atoms with van der Waals surface area (Å²) in [7, 11) is -2.98. The maximum absolute atomic E-state index is 11.8. The van der Waals surface area contributed by atoms with Crippen molar-refractivity contribution in [3.05, 3.63) is 61.7 Å². The fraction of sp³-hybridized carbons (Fsp3) is 0.296. The SMILES string of the molecule is C=CC(=O)N1CCN(c2ncc(Nc3ccc(-c4cc5c(N6CCS(=O)(=O)CC6)ncnc5[nH]4)cc3)cn2)CC1. The Morgan fingerprint density at radius 2 is 1.60 bits per heavy atom. The summed E-state index contributed by atoms with van der Waals surface area (Å²) in [6, 6.07) is 9.98. The normalized spacial score (nSPS) is 17.1. The molecule has 2 aliphatic heterocycles. The largest absolute Gasteiger partial charge is 0.354 e.